The second kappa shape index (κ2) is 7.35. The molecule has 0 N–H and O–H groups in total. The van der Waals surface area contributed by atoms with Gasteiger partial charge < -0.3 is 9.64 Å². The number of rotatable bonds is 3. The highest BCUT2D eigenvalue weighted by atomic mass is 19.4. The van der Waals surface area contributed by atoms with E-state index in [9.17, 15) is 22.8 Å². The number of amides is 1. The van der Waals surface area contributed by atoms with E-state index < -0.39 is 30.7 Å². The number of carbonyl (C=O) groups excluding carboxylic acids is 2. The Morgan fingerprint density at radius 2 is 1.97 bits per heavy atom. The molecular weight excluding hydrogens is 387 g/mol. The molecular formula is C20H22F3N3O3. The minimum Gasteiger partial charge on any atom is -0.449 e. The molecule has 0 bridgehead atoms. The Morgan fingerprint density at radius 3 is 2.66 bits per heavy atom. The zero-order valence-corrected chi connectivity index (χ0v) is 16.0. The van der Waals surface area contributed by atoms with E-state index >= 15 is 0 Å². The SMILES string of the molecule is C[C@H]1CC[C@H](c2ccc3cn(C4CC4)nc3c2)N(C(=O)C(=O)OCC(F)(F)F)C1. The minimum atomic E-state index is -4.67. The summed E-state index contributed by atoms with van der Waals surface area (Å²) in [6.45, 7) is 0.466. The lowest BCUT2D eigenvalue weighted by molar-refractivity contribution is -0.190. The average molecular weight is 409 g/mol. The Hall–Kier alpha value is -2.58. The molecule has 0 radical (unpaired) electrons. The Kier molecular flexibility index (Phi) is 5.00. The molecule has 1 aliphatic carbocycles. The van der Waals surface area contributed by atoms with E-state index in [1.807, 2.05) is 36.0 Å². The molecule has 0 unspecified atom stereocenters. The van der Waals surface area contributed by atoms with Crippen LogP contribution in [0, 0.1) is 5.92 Å². The fourth-order valence-corrected chi connectivity index (χ4v) is 3.84. The zero-order chi connectivity index (χ0) is 20.8. The summed E-state index contributed by atoms with van der Waals surface area (Å²) in [5.41, 5.74) is 1.63. The summed E-state index contributed by atoms with van der Waals surface area (Å²) >= 11 is 0. The number of hydrogen-bond acceptors (Lipinski definition) is 4. The lowest BCUT2D eigenvalue weighted by atomic mass is 9.89. The van der Waals surface area contributed by atoms with Gasteiger partial charge in [-0.3, -0.25) is 9.48 Å². The maximum absolute atomic E-state index is 12.6. The van der Waals surface area contributed by atoms with E-state index in [0.717, 1.165) is 35.7 Å². The lowest BCUT2D eigenvalue weighted by Gasteiger charge is -2.38. The van der Waals surface area contributed by atoms with Gasteiger partial charge in [0, 0.05) is 18.1 Å². The molecule has 0 spiro atoms. The van der Waals surface area contributed by atoms with Crippen LogP contribution in [0.15, 0.2) is 24.4 Å². The molecule has 29 heavy (non-hydrogen) atoms. The van der Waals surface area contributed by atoms with Gasteiger partial charge in [0.1, 0.15) is 0 Å². The number of piperidine rings is 1. The molecule has 2 heterocycles. The summed E-state index contributed by atoms with van der Waals surface area (Å²) in [6.07, 6.45) is 1.02. The average Bonchev–Trinajstić information content (AvgIpc) is 3.43. The van der Waals surface area contributed by atoms with Crippen LogP contribution in [0.5, 0.6) is 0 Å². The number of carbonyl (C=O) groups is 2. The number of hydrogen-bond donors (Lipinski definition) is 0. The van der Waals surface area contributed by atoms with Crippen LogP contribution in [-0.4, -0.2) is 45.9 Å². The molecule has 1 saturated heterocycles. The number of nitrogens with zero attached hydrogens (tertiary/aromatic N) is 3. The van der Waals surface area contributed by atoms with E-state index in [-0.39, 0.29) is 5.92 Å². The number of benzene rings is 1. The van der Waals surface area contributed by atoms with E-state index in [1.165, 1.54) is 4.90 Å². The normalized spacial score (nSPS) is 22.7. The smallest absolute Gasteiger partial charge is 0.422 e. The van der Waals surface area contributed by atoms with Gasteiger partial charge >= 0.3 is 18.1 Å². The van der Waals surface area contributed by atoms with Crippen molar-refractivity contribution in [2.45, 2.75) is 50.9 Å². The zero-order valence-electron chi connectivity index (χ0n) is 16.0. The van der Waals surface area contributed by atoms with Gasteiger partial charge in [0.2, 0.25) is 0 Å². The van der Waals surface area contributed by atoms with Gasteiger partial charge in [-0.25, -0.2) is 4.79 Å². The molecule has 156 valence electrons. The van der Waals surface area contributed by atoms with Crippen LogP contribution >= 0.6 is 0 Å². The van der Waals surface area contributed by atoms with Crippen molar-refractivity contribution >= 4 is 22.8 Å². The maximum atomic E-state index is 12.6. The van der Waals surface area contributed by atoms with Gasteiger partial charge in [-0.2, -0.15) is 18.3 Å². The third-order valence-electron chi connectivity index (χ3n) is 5.47. The van der Waals surface area contributed by atoms with E-state index in [0.29, 0.717) is 19.0 Å². The van der Waals surface area contributed by atoms with Crippen molar-refractivity contribution in [1.29, 1.82) is 0 Å². The number of aromatic nitrogens is 2. The Morgan fingerprint density at radius 1 is 1.21 bits per heavy atom. The Balaban J connectivity index is 1.56. The van der Waals surface area contributed by atoms with E-state index in [2.05, 4.69) is 9.84 Å². The number of alkyl halides is 3. The molecule has 2 atom stereocenters. The highest BCUT2D eigenvalue weighted by Gasteiger charge is 2.37. The van der Waals surface area contributed by atoms with Crippen LogP contribution in [0.2, 0.25) is 0 Å². The number of esters is 1. The summed E-state index contributed by atoms with van der Waals surface area (Å²) in [6, 6.07) is 5.77. The highest BCUT2D eigenvalue weighted by Crippen LogP contribution is 2.37. The molecule has 2 fully saturated rings. The number of ether oxygens (including phenoxy) is 1. The van der Waals surface area contributed by atoms with Crippen molar-refractivity contribution < 1.29 is 27.5 Å². The summed E-state index contributed by atoms with van der Waals surface area (Å²) in [5.74, 6) is -2.36. The second-order valence-electron chi connectivity index (χ2n) is 8.01. The van der Waals surface area contributed by atoms with Crippen LogP contribution < -0.4 is 0 Å². The van der Waals surface area contributed by atoms with Crippen molar-refractivity contribution in [3.05, 3.63) is 30.0 Å². The molecule has 2 aromatic rings. The number of fused-ring (bicyclic) bond motifs is 1. The summed E-state index contributed by atoms with van der Waals surface area (Å²) in [4.78, 5) is 25.9. The van der Waals surface area contributed by atoms with E-state index in [1.54, 1.807) is 0 Å². The predicted molar refractivity (Wildman–Crippen MR) is 97.9 cm³/mol. The largest absolute Gasteiger partial charge is 0.449 e. The predicted octanol–water partition coefficient (Wildman–Crippen LogP) is 3.78. The maximum Gasteiger partial charge on any atom is 0.422 e. The topological polar surface area (TPSA) is 64.4 Å². The number of halogens is 3. The number of likely N-dealkylation sites (tertiary alicyclic amines) is 1. The van der Waals surface area contributed by atoms with E-state index in [4.69, 9.17) is 0 Å². The first-order chi connectivity index (χ1) is 13.7. The van der Waals surface area contributed by atoms with Gasteiger partial charge in [-0.1, -0.05) is 19.1 Å². The van der Waals surface area contributed by atoms with Crippen molar-refractivity contribution in [3.8, 4) is 0 Å². The van der Waals surface area contributed by atoms with Crippen molar-refractivity contribution in [2.24, 2.45) is 5.92 Å². The Bertz CT molecular complexity index is 936. The molecule has 4 rings (SSSR count). The molecule has 6 nitrogen and oxygen atoms in total. The van der Waals surface area contributed by atoms with Gasteiger partial charge in [-0.05, 0) is 43.2 Å². The first-order valence-corrected chi connectivity index (χ1v) is 9.74. The highest BCUT2D eigenvalue weighted by molar-refractivity contribution is 6.32. The molecule has 1 saturated carbocycles. The van der Waals surface area contributed by atoms with Crippen LogP contribution in [-0.2, 0) is 14.3 Å². The molecule has 1 aliphatic heterocycles. The first kappa shape index (κ1) is 19.7. The van der Waals surface area contributed by atoms with Crippen molar-refractivity contribution in [1.82, 2.24) is 14.7 Å². The molecule has 1 aromatic heterocycles. The third-order valence-corrected chi connectivity index (χ3v) is 5.47. The summed E-state index contributed by atoms with van der Waals surface area (Å²) < 4.78 is 43.1. The first-order valence-electron chi connectivity index (χ1n) is 9.74. The minimum absolute atomic E-state index is 0.142. The van der Waals surface area contributed by atoms with Crippen LogP contribution in [0.3, 0.4) is 0 Å². The second-order valence-corrected chi connectivity index (χ2v) is 8.01. The van der Waals surface area contributed by atoms with Gasteiger partial charge in [-0.15, -0.1) is 0 Å². The quantitative estimate of drug-likeness (QED) is 0.572. The Labute approximate surface area is 165 Å². The third kappa shape index (κ3) is 4.38. The van der Waals surface area contributed by atoms with Crippen LogP contribution in [0.25, 0.3) is 10.9 Å². The standard InChI is InChI=1S/C20H22F3N3O3/c1-12-2-7-17(25(9-12)18(27)19(28)29-11-20(21,22)23)13-3-4-14-10-26(15-5-6-15)24-16(14)8-13/h3-4,8,10,12,15,17H,2,5-7,9,11H2,1H3/t12-,17+/m0/s1. The van der Waals surface area contributed by atoms with Gasteiger partial charge in [0.25, 0.3) is 0 Å². The van der Waals surface area contributed by atoms with Gasteiger partial charge in [0.15, 0.2) is 6.61 Å². The molecule has 9 heteroatoms. The summed E-state index contributed by atoms with van der Waals surface area (Å²) in [7, 11) is 0. The molecule has 2 aliphatic rings. The van der Waals surface area contributed by atoms with Crippen LogP contribution in [0.1, 0.15) is 50.3 Å². The fourth-order valence-electron chi connectivity index (χ4n) is 3.84. The fraction of sp³-hybridized carbons (Fsp3) is 0.550. The van der Waals surface area contributed by atoms with Crippen molar-refractivity contribution in [2.75, 3.05) is 13.2 Å². The van der Waals surface area contributed by atoms with Gasteiger partial charge in [0.05, 0.1) is 17.6 Å². The van der Waals surface area contributed by atoms with Crippen molar-refractivity contribution in [3.63, 3.8) is 0 Å². The summed E-state index contributed by atoms with van der Waals surface area (Å²) in [5, 5.41) is 5.60. The monoisotopic (exact) mass is 409 g/mol. The molecule has 1 amide bonds. The molecule has 1 aromatic carbocycles. The lowest BCUT2D eigenvalue weighted by Crippen LogP contribution is -2.45. The van der Waals surface area contributed by atoms with Crippen LogP contribution in [0.4, 0.5) is 13.2 Å².